The van der Waals surface area contributed by atoms with Crippen LogP contribution in [0.5, 0.6) is 11.6 Å². The SMILES string of the molecule is COc1ccccc1-c1c[nH]nc1OCc1ccccc1. The fraction of sp³-hybridized carbons (Fsp3) is 0.118. The average Bonchev–Trinajstić information content (AvgIpc) is 3.02. The molecule has 106 valence electrons. The number of H-pyrrole nitrogens is 1. The van der Waals surface area contributed by atoms with Crippen molar-refractivity contribution < 1.29 is 9.47 Å². The van der Waals surface area contributed by atoms with E-state index in [1.165, 1.54) is 0 Å². The summed E-state index contributed by atoms with van der Waals surface area (Å²) < 4.78 is 11.2. The van der Waals surface area contributed by atoms with Crippen LogP contribution in [0.2, 0.25) is 0 Å². The van der Waals surface area contributed by atoms with E-state index < -0.39 is 0 Å². The minimum atomic E-state index is 0.480. The third-order valence-corrected chi connectivity index (χ3v) is 3.22. The van der Waals surface area contributed by atoms with Gasteiger partial charge in [0.25, 0.3) is 0 Å². The molecule has 1 heterocycles. The van der Waals surface area contributed by atoms with E-state index >= 15 is 0 Å². The van der Waals surface area contributed by atoms with Crippen molar-refractivity contribution in [2.45, 2.75) is 6.61 Å². The standard InChI is InChI=1S/C17H16N2O2/c1-20-16-10-6-5-9-14(16)15-11-18-19-17(15)21-12-13-7-3-2-4-8-13/h2-11H,12H2,1H3,(H,18,19). The van der Waals surface area contributed by atoms with Crippen LogP contribution in [0, 0.1) is 0 Å². The Labute approximate surface area is 123 Å². The van der Waals surface area contributed by atoms with E-state index in [0.717, 1.165) is 22.4 Å². The fourth-order valence-corrected chi connectivity index (χ4v) is 2.17. The van der Waals surface area contributed by atoms with Crippen LogP contribution in [0.4, 0.5) is 0 Å². The Kier molecular flexibility index (Phi) is 3.87. The van der Waals surface area contributed by atoms with Crippen molar-refractivity contribution in [3.05, 3.63) is 66.4 Å². The minimum Gasteiger partial charge on any atom is -0.496 e. The second kappa shape index (κ2) is 6.13. The molecule has 0 fully saturated rings. The Morgan fingerprint density at radius 2 is 1.71 bits per heavy atom. The molecular formula is C17H16N2O2. The summed E-state index contributed by atoms with van der Waals surface area (Å²) in [7, 11) is 1.66. The molecular weight excluding hydrogens is 264 g/mol. The summed E-state index contributed by atoms with van der Waals surface area (Å²) in [6.45, 7) is 0.480. The molecule has 0 spiro atoms. The van der Waals surface area contributed by atoms with Crippen LogP contribution in [-0.2, 0) is 6.61 Å². The van der Waals surface area contributed by atoms with E-state index in [4.69, 9.17) is 9.47 Å². The smallest absolute Gasteiger partial charge is 0.240 e. The highest BCUT2D eigenvalue weighted by atomic mass is 16.5. The Bertz CT molecular complexity index is 708. The summed E-state index contributed by atoms with van der Waals surface area (Å²) in [6.07, 6.45) is 1.82. The van der Waals surface area contributed by atoms with Gasteiger partial charge in [0.05, 0.1) is 12.7 Å². The average molecular weight is 280 g/mol. The number of para-hydroxylation sites is 1. The van der Waals surface area contributed by atoms with Gasteiger partial charge >= 0.3 is 0 Å². The monoisotopic (exact) mass is 280 g/mol. The number of benzene rings is 2. The first-order valence-corrected chi connectivity index (χ1v) is 6.72. The summed E-state index contributed by atoms with van der Waals surface area (Å²) in [5.41, 5.74) is 2.95. The first kappa shape index (κ1) is 13.2. The maximum atomic E-state index is 5.82. The van der Waals surface area contributed by atoms with Crippen LogP contribution in [0.15, 0.2) is 60.8 Å². The quantitative estimate of drug-likeness (QED) is 0.775. The van der Waals surface area contributed by atoms with Crippen LogP contribution < -0.4 is 9.47 Å². The molecule has 3 rings (SSSR count). The van der Waals surface area contributed by atoms with Crippen molar-refractivity contribution in [1.82, 2.24) is 10.2 Å². The lowest BCUT2D eigenvalue weighted by atomic mass is 10.1. The zero-order valence-electron chi connectivity index (χ0n) is 11.7. The highest BCUT2D eigenvalue weighted by molar-refractivity contribution is 5.73. The van der Waals surface area contributed by atoms with Gasteiger partial charge in [-0.25, -0.2) is 0 Å². The molecule has 1 N–H and O–H groups in total. The Morgan fingerprint density at radius 3 is 2.52 bits per heavy atom. The number of nitrogens with one attached hydrogen (secondary N) is 1. The lowest BCUT2D eigenvalue weighted by molar-refractivity contribution is 0.294. The largest absolute Gasteiger partial charge is 0.496 e. The number of rotatable bonds is 5. The van der Waals surface area contributed by atoms with Gasteiger partial charge in [0, 0.05) is 11.8 Å². The maximum Gasteiger partial charge on any atom is 0.240 e. The summed E-state index contributed by atoms with van der Waals surface area (Å²) in [5.74, 6) is 1.37. The molecule has 0 bridgehead atoms. The van der Waals surface area contributed by atoms with Crippen LogP contribution in [0.25, 0.3) is 11.1 Å². The van der Waals surface area contributed by atoms with Gasteiger partial charge in [-0.3, -0.25) is 5.10 Å². The molecule has 3 aromatic rings. The third-order valence-electron chi connectivity index (χ3n) is 3.22. The van der Waals surface area contributed by atoms with Gasteiger partial charge in [0.1, 0.15) is 12.4 Å². The van der Waals surface area contributed by atoms with Crippen molar-refractivity contribution in [2.75, 3.05) is 7.11 Å². The van der Waals surface area contributed by atoms with E-state index in [1.54, 1.807) is 7.11 Å². The highest BCUT2D eigenvalue weighted by Crippen LogP contribution is 2.34. The van der Waals surface area contributed by atoms with Gasteiger partial charge in [-0.05, 0) is 11.6 Å². The second-order valence-corrected chi connectivity index (χ2v) is 4.58. The van der Waals surface area contributed by atoms with Crippen molar-refractivity contribution in [3.63, 3.8) is 0 Å². The van der Waals surface area contributed by atoms with Gasteiger partial charge in [-0.2, -0.15) is 0 Å². The summed E-state index contributed by atoms with van der Waals surface area (Å²) in [6, 6.07) is 17.8. The van der Waals surface area contributed by atoms with Crippen LogP contribution in [0.1, 0.15) is 5.56 Å². The lowest BCUT2D eigenvalue weighted by Crippen LogP contribution is -1.97. The Morgan fingerprint density at radius 1 is 0.952 bits per heavy atom. The first-order valence-electron chi connectivity index (χ1n) is 6.72. The first-order chi connectivity index (χ1) is 10.4. The number of aromatic amines is 1. The zero-order chi connectivity index (χ0) is 14.5. The van der Waals surface area contributed by atoms with E-state index in [9.17, 15) is 0 Å². The molecule has 21 heavy (non-hydrogen) atoms. The van der Waals surface area contributed by atoms with E-state index in [0.29, 0.717) is 12.5 Å². The van der Waals surface area contributed by atoms with Crippen molar-refractivity contribution in [3.8, 4) is 22.8 Å². The number of nitrogens with zero attached hydrogens (tertiary/aromatic N) is 1. The van der Waals surface area contributed by atoms with Gasteiger partial charge < -0.3 is 9.47 Å². The topological polar surface area (TPSA) is 47.1 Å². The molecule has 2 aromatic carbocycles. The summed E-state index contributed by atoms with van der Waals surface area (Å²) in [4.78, 5) is 0. The predicted molar refractivity (Wildman–Crippen MR) is 81.3 cm³/mol. The molecule has 0 saturated carbocycles. The lowest BCUT2D eigenvalue weighted by Gasteiger charge is -2.09. The van der Waals surface area contributed by atoms with Crippen molar-refractivity contribution in [1.29, 1.82) is 0 Å². The van der Waals surface area contributed by atoms with Crippen LogP contribution in [-0.4, -0.2) is 17.3 Å². The molecule has 0 amide bonds. The summed E-state index contributed by atoms with van der Waals surface area (Å²) in [5, 5.41) is 7.03. The number of ether oxygens (including phenoxy) is 2. The molecule has 1 aromatic heterocycles. The maximum absolute atomic E-state index is 5.82. The zero-order valence-corrected chi connectivity index (χ0v) is 11.7. The van der Waals surface area contributed by atoms with E-state index in [1.807, 2.05) is 60.8 Å². The van der Waals surface area contributed by atoms with Crippen molar-refractivity contribution >= 4 is 0 Å². The van der Waals surface area contributed by atoms with Gasteiger partial charge in [-0.15, -0.1) is 5.10 Å². The molecule has 0 atom stereocenters. The second-order valence-electron chi connectivity index (χ2n) is 4.58. The van der Waals surface area contributed by atoms with Crippen molar-refractivity contribution in [2.24, 2.45) is 0 Å². The third kappa shape index (κ3) is 2.89. The van der Waals surface area contributed by atoms with Crippen LogP contribution >= 0.6 is 0 Å². The molecule has 0 unspecified atom stereocenters. The molecule has 0 radical (unpaired) electrons. The molecule has 4 heteroatoms. The van der Waals surface area contributed by atoms with Gasteiger partial charge in [-0.1, -0.05) is 48.5 Å². The number of hydrogen-bond acceptors (Lipinski definition) is 3. The molecule has 0 aliphatic heterocycles. The molecule has 4 nitrogen and oxygen atoms in total. The Balaban J connectivity index is 1.84. The van der Waals surface area contributed by atoms with E-state index in [2.05, 4.69) is 10.2 Å². The normalized spacial score (nSPS) is 10.3. The molecule has 0 saturated heterocycles. The van der Waals surface area contributed by atoms with Crippen LogP contribution in [0.3, 0.4) is 0 Å². The van der Waals surface area contributed by atoms with Gasteiger partial charge in [0.2, 0.25) is 5.88 Å². The fourth-order valence-electron chi connectivity index (χ4n) is 2.17. The summed E-state index contributed by atoms with van der Waals surface area (Å²) >= 11 is 0. The molecule has 0 aliphatic rings. The van der Waals surface area contributed by atoms with E-state index in [-0.39, 0.29) is 0 Å². The number of aromatic nitrogens is 2. The Hall–Kier alpha value is -2.75. The highest BCUT2D eigenvalue weighted by Gasteiger charge is 2.13. The number of methoxy groups -OCH3 is 1. The minimum absolute atomic E-state index is 0.480. The molecule has 0 aliphatic carbocycles. The van der Waals surface area contributed by atoms with Gasteiger partial charge in [0.15, 0.2) is 0 Å². The number of hydrogen-bond donors (Lipinski definition) is 1. The predicted octanol–water partition coefficient (Wildman–Crippen LogP) is 3.66.